The fourth-order valence-electron chi connectivity index (χ4n) is 2.79. The van der Waals surface area contributed by atoms with Gasteiger partial charge >= 0.3 is 0 Å². The van der Waals surface area contributed by atoms with Crippen molar-refractivity contribution in [3.05, 3.63) is 40.3 Å². The lowest BCUT2D eigenvalue weighted by atomic mass is 10.2. The summed E-state index contributed by atoms with van der Waals surface area (Å²) in [7, 11) is 0. The van der Waals surface area contributed by atoms with E-state index in [9.17, 15) is 9.59 Å². The molecule has 21 heavy (non-hydrogen) atoms. The second-order valence-corrected chi connectivity index (χ2v) is 5.36. The minimum Gasteiger partial charge on any atom is -0.372 e. The summed E-state index contributed by atoms with van der Waals surface area (Å²) in [6.07, 6.45) is 2.27. The molecule has 3 heterocycles. The van der Waals surface area contributed by atoms with Gasteiger partial charge < -0.3 is 9.64 Å². The molecule has 2 aromatic rings. The van der Waals surface area contributed by atoms with Crippen molar-refractivity contribution in [3.63, 3.8) is 0 Å². The molecular formula is C15H17N3O3. The lowest BCUT2D eigenvalue weighted by molar-refractivity contribution is -0.00550. The maximum atomic E-state index is 12.4. The molecule has 1 aliphatic heterocycles. The molecule has 0 saturated carbocycles. The third-order valence-electron chi connectivity index (χ3n) is 3.59. The molecule has 6 nitrogen and oxygen atoms in total. The monoisotopic (exact) mass is 287 g/mol. The van der Waals surface area contributed by atoms with Crippen LogP contribution in [0.4, 0.5) is 5.82 Å². The zero-order valence-corrected chi connectivity index (χ0v) is 12.0. The second kappa shape index (κ2) is 5.29. The molecule has 2 aromatic heterocycles. The van der Waals surface area contributed by atoms with E-state index in [4.69, 9.17) is 4.74 Å². The number of aldehydes is 1. The van der Waals surface area contributed by atoms with Crippen LogP contribution in [0.25, 0.3) is 5.65 Å². The number of aromatic nitrogens is 2. The van der Waals surface area contributed by atoms with E-state index in [1.54, 1.807) is 18.3 Å². The number of ether oxygens (including phenoxy) is 1. The highest BCUT2D eigenvalue weighted by atomic mass is 16.5. The fraction of sp³-hybridized carbons (Fsp3) is 0.400. The number of hydrogen-bond acceptors (Lipinski definition) is 5. The molecule has 0 bridgehead atoms. The van der Waals surface area contributed by atoms with Gasteiger partial charge in [-0.15, -0.1) is 0 Å². The van der Waals surface area contributed by atoms with E-state index in [0.717, 1.165) is 0 Å². The Morgan fingerprint density at radius 3 is 2.67 bits per heavy atom. The first-order chi connectivity index (χ1) is 10.1. The molecule has 0 aliphatic carbocycles. The van der Waals surface area contributed by atoms with Crippen molar-refractivity contribution < 1.29 is 9.53 Å². The summed E-state index contributed by atoms with van der Waals surface area (Å²) in [6, 6.07) is 5.31. The van der Waals surface area contributed by atoms with Gasteiger partial charge in [0, 0.05) is 19.3 Å². The van der Waals surface area contributed by atoms with E-state index in [0.29, 0.717) is 30.8 Å². The van der Waals surface area contributed by atoms with Gasteiger partial charge in [-0.3, -0.25) is 14.0 Å². The Labute approximate surface area is 122 Å². The minimum atomic E-state index is -0.336. The molecule has 1 aliphatic rings. The standard InChI is InChI=1S/C15H17N3O3/c1-10-7-17(8-11(2)21-10)14-12(9-19)15(20)18-6-4-3-5-13(18)16-14/h3-6,9-11H,7-8H2,1-2H3/t10-,11-/m1/s1. The molecule has 2 atom stereocenters. The van der Waals surface area contributed by atoms with Crippen molar-refractivity contribution in [1.82, 2.24) is 9.38 Å². The Hall–Kier alpha value is -2.21. The van der Waals surface area contributed by atoms with Gasteiger partial charge in [0.1, 0.15) is 17.0 Å². The first-order valence-corrected chi connectivity index (χ1v) is 6.97. The first kappa shape index (κ1) is 13.8. The van der Waals surface area contributed by atoms with Gasteiger partial charge in [-0.05, 0) is 26.0 Å². The molecule has 1 saturated heterocycles. The predicted molar refractivity (Wildman–Crippen MR) is 79.1 cm³/mol. The van der Waals surface area contributed by atoms with Crippen LogP contribution in [0.5, 0.6) is 0 Å². The van der Waals surface area contributed by atoms with Crippen molar-refractivity contribution in [1.29, 1.82) is 0 Å². The van der Waals surface area contributed by atoms with Crippen molar-refractivity contribution in [2.24, 2.45) is 0 Å². The van der Waals surface area contributed by atoms with E-state index >= 15 is 0 Å². The van der Waals surface area contributed by atoms with Gasteiger partial charge in [-0.25, -0.2) is 4.98 Å². The smallest absolute Gasteiger partial charge is 0.270 e. The third-order valence-corrected chi connectivity index (χ3v) is 3.59. The second-order valence-electron chi connectivity index (χ2n) is 5.36. The highest BCUT2D eigenvalue weighted by Gasteiger charge is 2.26. The lowest BCUT2D eigenvalue weighted by Crippen LogP contribution is -2.47. The maximum Gasteiger partial charge on any atom is 0.270 e. The highest BCUT2D eigenvalue weighted by molar-refractivity contribution is 5.83. The summed E-state index contributed by atoms with van der Waals surface area (Å²) in [5.74, 6) is 0.447. The van der Waals surface area contributed by atoms with Crippen LogP contribution in [0.2, 0.25) is 0 Å². The van der Waals surface area contributed by atoms with Crippen LogP contribution in [-0.4, -0.2) is 41.0 Å². The number of rotatable bonds is 2. The minimum absolute atomic E-state index is 0.0317. The Bertz CT molecular complexity index is 731. The molecule has 0 spiro atoms. The molecule has 3 rings (SSSR count). The molecule has 0 unspecified atom stereocenters. The number of pyridine rings is 1. The molecule has 0 aromatic carbocycles. The van der Waals surface area contributed by atoms with Crippen molar-refractivity contribution in [2.75, 3.05) is 18.0 Å². The molecular weight excluding hydrogens is 270 g/mol. The van der Waals surface area contributed by atoms with Crippen LogP contribution in [0, 0.1) is 0 Å². The van der Waals surface area contributed by atoms with E-state index < -0.39 is 0 Å². The van der Waals surface area contributed by atoms with E-state index in [1.807, 2.05) is 24.8 Å². The van der Waals surface area contributed by atoms with Gasteiger partial charge in [-0.2, -0.15) is 0 Å². The molecule has 0 amide bonds. The number of nitrogens with zero attached hydrogens (tertiary/aromatic N) is 3. The van der Waals surface area contributed by atoms with Crippen molar-refractivity contribution >= 4 is 17.8 Å². The summed E-state index contributed by atoms with van der Waals surface area (Å²) in [6.45, 7) is 5.16. The number of morpholine rings is 1. The summed E-state index contributed by atoms with van der Waals surface area (Å²) >= 11 is 0. The SMILES string of the molecule is C[C@@H]1CN(c2nc3ccccn3c(=O)c2C=O)C[C@@H](C)O1. The van der Waals surface area contributed by atoms with E-state index in [-0.39, 0.29) is 23.3 Å². The Morgan fingerprint density at radius 1 is 1.29 bits per heavy atom. The zero-order valence-electron chi connectivity index (χ0n) is 12.0. The number of hydrogen-bond donors (Lipinski definition) is 0. The van der Waals surface area contributed by atoms with Crippen molar-refractivity contribution in [2.45, 2.75) is 26.1 Å². The average Bonchev–Trinajstić information content (AvgIpc) is 2.46. The Kier molecular flexibility index (Phi) is 3.47. The largest absolute Gasteiger partial charge is 0.372 e. The summed E-state index contributed by atoms with van der Waals surface area (Å²) in [5.41, 5.74) is 0.298. The average molecular weight is 287 g/mol. The molecule has 6 heteroatoms. The van der Waals surface area contributed by atoms with Gasteiger partial charge in [0.2, 0.25) is 0 Å². The zero-order chi connectivity index (χ0) is 15.0. The van der Waals surface area contributed by atoms with Crippen LogP contribution < -0.4 is 10.5 Å². The molecule has 1 fully saturated rings. The number of anilines is 1. The van der Waals surface area contributed by atoms with Gasteiger partial charge in [0.05, 0.1) is 12.2 Å². The quantitative estimate of drug-likeness (QED) is 0.775. The summed E-state index contributed by atoms with van der Waals surface area (Å²) in [4.78, 5) is 30.3. The summed E-state index contributed by atoms with van der Waals surface area (Å²) < 4.78 is 7.08. The topological polar surface area (TPSA) is 63.9 Å². The van der Waals surface area contributed by atoms with Crippen LogP contribution in [-0.2, 0) is 4.74 Å². The van der Waals surface area contributed by atoms with Gasteiger partial charge in [0.15, 0.2) is 6.29 Å². The lowest BCUT2D eigenvalue weighted by Gasteiger charge is -2.36. The van der Waals surface area contributed by atoms with Crippen LogP contribution >= 0.6 is 0 Å². The van der Waals surface area contributed by atoms with Crippen LogP contribution in [0.1, 0.15) is 24.2 Å². The molecule has 0 radical (unpaired) electrons. The number of carbonyl (C=O) groups excluding carboxylic acids is 1. The predicted octanol–water partition coefficient (Wildman–Crippen LogP) is 1.12. The van der Waals surface area contributed by atoms with Gasteiger partial charge in [0.25, 0.3) is 5.56 Å². The van der Waals surface area contributed by atoms with Gasteiger partial charge in [-0.1, -0.05) is 6.07 Å². The Morgan fingerprint density at radius 2 is 2.00 bits per heavy atom. The van der Waals surface area contributed by atoms with Crippen LogP contribution in [0.3, 0.4) is 0 Å². The Balaban J connectivity index is 2.17. The summed E-state index contributed by atoms with van der Waals surface area (Å²) in [5, 5.41) is 0. The van der Waals surface area contributed by atoms with Crippen LogP contribution in [0.15, 0.2) is 29.2 Å². The van der Waals surface area contributed by atoms with Crippen molar-refractivity contribution in [3.8, 4) is 0 Å². The molecule has 0 N–H and O–H groups in total. The first-order valence-electron chi connectivity index (χ1n) is 6.97. The maximum absolute atomic E-state index is 12.4. The molecule has 110 valence electrons. The highest BCUT2D eigenvalue weighted by Crippen LogP contribution is 2.20. The van der Waals surface area contributed by atoms with E-state index in [1.165, 1.54) is 4.40 Å². The normalized spacial score (nSPS) is 22.5. The third kappa shape index (κ3) is 2.42. The fourth-order valence-corrected chi connectivity index (χ4v) is 2.79. The van der Waals surface area contributed by atoms with E-state index in [2.05, 4.69) is 4.98 Å². The number of fused-ring (bicyclic) bond motifs is 1. The number of carbonyl (C=O) groups is 1.